The molecule has 19 heavy (non-hydrogen) atoms. The maximum absolute atomic E-state index is 11.8. The predicted octanol–water partition coefficient (Wildman–Crippen LogP) is 4.18. The summed E-state index contributed by atoms with van der Waals surface area (Å²) >= 11 is 0. The van der Waals surface area contributed by atoms with Gasteiger partial charge in [-0.2, -0.15) is 0 Å². The molecule has 0 aromatic heterocycles. The van der Waals surface area contributed by atoms with E-state index in [1.165, 1.54) is 19.3 Å². The first-order valence-electron chi connectivity index (χ1n) is 7.06. The molecule has 0 fully saturated rings. The molecule has 1 aromatic rings. The molecule has 0 aliphatic carbocycles. The lowest BCUT2D eigenvalue weighted by molar-refractivity contribution is -0.0941. The average molecular weight is 264 g/mol. The van der Waals surface area contributed by atoms with Gasteiger partial charge >= 0.3 is 5.97 Å². The minimum Gasteiger partial charge on any atom is -0.432 e. The van der Waals surface area contributed by atoms with Crippen LogP contribution in [0.3, 0.4) is 0 Å². The van der Waals surface area contributed by atoms with Gasteiger partial charge in [-0.3, -0.25) is 0 Å². The lowest BCUT2D eigenvalue weighted by Gasteiger charge is -2.16. The quantitative estimate of drug-likeness (QED) is 0.381. The van der Waals surface area contributed by atoms with Crippen LogP contribution in [0.15, 0.2) is 30.3 Å². The van der Waals surface area contributed by atoms with Gasteiger partial charge in [0.25, 0.3) is 0 Å². The Morgan fingerprint density at radius 2 is 1.79 bits per heavy atom. The van der Waals surface area contributed by atoms with Crippen molar-refractivity contribution in [2.45, 2.75) is 51.7 Å². The molecule has 0 saturated carbocycles. The van der Waals surface area contributed by atoms with Crippen LogP contribution < -0.4 is 0 Å². The van der Waals surface area contributed by atoms with E-state index in [-0.39, 0.29) is 5.97 Å². The molecule has 0 spiro atoms. The first kappa shape index (κ1) is 15.7. The summed E-state index contributed by atoms with van der Waals surface area (Å²) < 4.78 is 10.5. The Morgan fingerprint density at radius 1 is 1.11 bits per heavy atom. The largest absolute Gasteiger partial charge is 0.432 e. The summed E-state index contributed by atoms with van der Waals surface area (Å²) in [5.74, 6) is -0.319. The zero-order valence-corrected chi connectivity index (χ0v) is 11.9. The van der Waals surface area contributed by atoms with Crippen LogP contribution in [0.1, 0.15) is 55.8 Å². The molecule has 1 rings (SSSR count). The van der Waals surface area contributed by atoms with Crippen molar-refractivity contribution >= 4 is 5.97 Å². The summed E-state index contributed by atoms with van der Waals surface area (Å²) in [5.41, 5.74) is 0.565. The lowest BCUT2D eigenvalue weighted by Crippen LogP contribution is -2.20. The smallest absolute Gasteiger partial charge is 0.340 e. The van der Waals surface area contributed by atoms with Crippen molar-refractivity contribution in [3.05, 3.63) is 35.9 Å². The number of methoxy groups -OCH3 is 1. The van der Waals surface area contributed by atoms with Gasteiger partial charge in [-0.1, -0.05) is 50.8 Å². The van der Waals surface area contributed by atoms with E-state index in [2.05, 4.69) is 6.92 Å². The third-order valence-electron chi connectivity index (χ3n) is 3.05. The molecule has 0 amide bonds. The van der Waals surface area contributed by atoms with Crippen LogP contribution >= 0.6 is 0 Å². The molecule has 1 unspecified atom stereocenters. The average Bonchev–Trinajstić information content (AvgIpc) is 2.46. The number of carbonyl (C=O) groups excluding carboxylic acids is 1. The van der Waals surface area contributed by atoms with E-state index in [1.54, 1.807) is 19.2 Å². The number of unbranched alkanes of at least 4 members (excludes halogenated alkanes) is 4. The van der Waals surface area contributed by atoms with Gasteiger partial charge in [0.2, 0.25) is 6.29 Å². The number of esters is 1. The highest BCUT2D eigenvalue weighted by Gasteiger charge is 2.14. The highest BCUT2D eigenvalue weighted by molar-refractivity contribution is 5.89. The van der Waals surface area contributed by atoms with Crippen molar-refractivity contribution in [2.24, 2.45) is 0 Å². The first-order chi connectivity index (χ1) is 9.27. The van der Waals surface area contributed by atoms with E-state index in [1.807, 2.05) is 18.2 Å². The second kappa shape index (κ2) is 9.56. The Bertz CT molecular complexity index is 348. The van der Waals surface area contributed by atoms with Gasteiger partial charge in [-0.25, -0.2) is 4.79 Å². The minimum atomic E-state index is -0.436. The van der Waals surface area contributed by atoms with Crippen LogP contribution in [0.25, 0.3) is 0 Å². The van der Waals surface area contributed by atoms with Crippen LogP contribution in [0.5, 0.6) is 0 Å². The maximum Gasteiger partial charge on any atom is 0.340 e. The summed E-state index contributed by atoms with van der Waals surface area (Å²) in [7, 11) is 1.58. The molecule has 0 aliphatic heterocycles. The third kappa shape index (κ3) is 6.39. The monoisotopic (exact) mass is 264 g/mol. The van der Waals surface area contributed by atoms with E-state index in [0.29, 0.717) is 5.56 Å². The molecule has 0 N–H and O–H groups in total. The fourth-order valence-corrected chi connectivity index (χ4v) is 1.90. The van der Waals surface area contributed by atoms with E-state index in [0.717, 1.165) is 19.3 Å². The van der Waals surface area contributed by atoms with Crippen LogP contribution in [-0.2, 0) is 9.47 Å². The summed E-state index contributed by atoms with van der Waals surface area (Å²) in [4.78, 5) is 11.8. The summed E-state index contributed by atoms with van der Waals surface area (Å²) in [6.45, 7) is 2.19. The van der Waals surface area contributed by atoms with Crippen molar-refractivity contribution in [1.82, 2.24) is 0 Å². The van der Waals surface area contributed by atoms with Crippen molar-refractivity contribution in [3.8, 4) is 0 Å². The Balaban J connectivity index is 2.30. The number of benzene rings is 1. The molecule has 3 heteroatoms. The lowest BCUT2D eigenvalue weighted by atomic mass is 10.1. The zero-order chi connectivity index (χ0) is 13.9. The van der Waals surface area contributed by atoms with E-state index in [4.69, 9.17) is 9.47 Å². The van der Waals surface area contributed by atoms with Crippen LogP contribution in [0.2, 0.25) is 0 Å². The number of hydrogen-bond donors (Lipinski definition) is 0. The maximum atomic E-state index is 11.8. The summed E-state index contributed by atoms with van der Waals surface area (Å²) in [6, 6.07) is 9.01. The molecule has 0 radical (unpaired) electrons. The molecule has 1 aromatic carbocycles. The molecule has 0 aliphatic rings. The Hall–Kier alpha value is -1.35. The Labute approximate surface area is 115 Å². The van der Waals surface area contributed by atoms with Gasteiger partial charge in [0, 0.05) is 13.5 Å². The highest BCUT2D eigenvalue weighted by Crippen LogP contribution is 2.12. The number of rotatable bonds is 9. The van der Waals surface area contributed by atoms with Crippen LogP contribution in [-0.4, -0.2) is 19.4 Å². The van der Waals surface area contributed by atoms with Gasteiger partial charge < -0.3 is 9.47 Å². The second-order valence-electron chi connectivity index (χ2n) is 4.64. The SMILES string of the molecule is CCCCCCCC(OC)OC(=O)c1ccccc1. The molecule has 106 valence electrons. The third-order valence-corrected chi connectivity index (χ3v) is 3.05. The topological polar surface area (TPSA) is 35.5 Å². The minimum absolute atomic E-state index is 0.319. The molecule has 3 nitrogen and oxygen atoms in total. The normalized spacial score (nSPS) is 12.1. The van der Waals surface area contributed by atoms with Gasteiger partial charge in [0.05, 0.1) is 5.56 Å². The van der Waals surface area contributed by atoms with Crippen molar-refractivity contribution in [3.63, 3.8) is 0 Å². The zero-order valence-electron chi connectivity index (χ0n) is 11.9. The first-order valence-corrected chi connectivity index (χ1v) is 7.06. The fourth-order valence-electron chi connectivity index (χ4n) is 1.90. The van der Waals surface area contributed by atoms with Gasteiger partial charge in [-0.15, -0.1) is 0 Å². The molecule has 0 bridgehead atoms. The predicted molar refractivity (Wildman–Crippen MR) is 76.0 cm³/mol. The van der Waals surface area contributed by atoms with E-state index >= 15 is 0 Å². The standard InChI is InChI=1S/C16H24O3/c1-3-4-5-6-10-13-15(18-2)19-16(17)14-11-8-7-9-12-14/h7-9,11-12,15H,3-6,10,13H2,1-2H3. The Morgan fingerprint density at radius 3 is 2.42 bits per heavy atom. The molecule has 0 heterocycles. The highest BCUT2D eigenvalue weighted by atomic mass is 16.7. The van der Waals surface area contributed by atoms with Gasteiger partial charge in [0.15, 0.2) is 0 Å². The van der Waals surface area contributed by atoms with Crippen molar-refractivity contribution in [2.75, 3.05) is 7.11 Å². The molecular formula is C16H24O3. The molecular weight excluding hydrogens is 240 g/mol. The van der Waals surface area contributed by atoms with Crippen LogP contribution in [0, 0.1) is 0 Å². The summed E-state index contributed by atoms with van der Waals surface area (Å²) in [6.07, 6.45) is 6.25. The van der Waals surface area contributed by atoms with Gasteiger partial charge in [0.1, 0.15) is 0 Å². The molecule has 0 saturated heterocycles. The Kier molecular flexibility index (Phi) is 7.91. The summed E-state index contributed by atoms with van der Waals surface area (Å²) in [5, 5.41) is 0. The fraction of sp³-hybridized carbons (Fsp3) is 0.562. The number of ether oxygens (including phenoxy) is 2. The van der Waals surface area contributed by atoms with E-state index < -0.39 is 6.29 Å². The van der Waals surface area contributed by atoms with Crippen molar-refractivity contribution in [1.29, 1.82) is 0 Å². The number of carbonyl (C=O) groups is 1. The molecule has 1 atom stereocenters. The number of hydrogen-bond acceptors (Lipinski definition) is 3. The van der Waals surface area contributed by atoms with E-state index in [9.17, 15) is 4.79 Å². The second-order valence-corrected chi connectivity index (χ2v) is 4.64. The van der Waals surface area contributed by atoms with Crippen LogP contribution in [0.4, 0.5) is 0 Å². The van der Waals surface area contributed by atoms with Crippen molar-refractivity contribution < 1.29 is 14.3 Å². The van der Waals surface area contributed by atoms with Gasteiger partial charge in [-0.05, 0) is 18.6 Å².